The molecule has 7 nitrogen and oxygen atoms in total. The zero-order chi connectivity index (χ0) is 21.1. The molecule has 1 N–H and O–H groups in total. The van der Waals surface area contributed by atoms with Crippen LogP contribution in [0.1, 0.15) is 33.5 Å². The zero-order valence-electron chi connectivity index (χ0n) is 16.3. The number of rotatable bonds is 6. The minimum Gasteiger partial charge on any atom is -0.493 e. The highest BCUT2D eigenvalue weighted by atomic mass is 79.9. The summed E-state index contributed by atoms with van der Waals surface area (Å²) in [5.74, 6) is 1.12. The van der Waals surface area contributed by atoms with Gasteiger partial charge in [0.25, 0.3) is 5.56 Å². The van der Waals surface area contributed by atoms with Crippen molar-refractivity contribution in [2.24, 2.45) is 0 Å². The number of aromatic amines is 1. The summed E-state index contributed by atoms with van der Waals surface area (Å²) in [6.07, 6.45) is 3.49. The minimum absolute atomic E-state index is 0.302. The lowest BCUT2D eigenvalue weighted by Crippen LogP contribution is -2.09. The van der Waals surface area contributed by atoms with Crippen molar-refractivity contribution in [3.05, 3.63) is 48.8 Å². The maximum Gasteiger partial charge on any atom is 0.348 e. The van der Waals surface area contributed by atoms with E-state index in [0.29, 0.717) is 44.6 Å². The van der Waals surface area contributed by atoms with Crippen molar-refractivity contribution in [2.45, 2.75) is 13.8 Å². The van der Waals surface area contributed by atoms with E-state index >= 15 is 0 Å². The normalized spacial score (nSPS) is 11.2. The summed E-state index contributed by atoms with van der Waals surface area (Å²) in [7, 11) is 2.88. The number of nitrogens with zero attached hydrogens (tertiary/aromatic N) is 1. The molecule has 1 aromatic carbocycles. The Hall–Kier alpha value is -2.65. The quantitative estimate of drug-likeness (QED) is 0.527. The molecule has 0 saturated carbocycles. The average molecular weight is 479 g/mol. The van der Waals surface area contributed by atoms with Gasteiger partial charge in [0.1, 0.15) is 15.5 Å². The van der Waals surface area contributed by atoms with Gasteiger partial charge in [0.15, 0.2) is 11.5 Å². The van der Waals surface area contributed by atoms with Crippen LogP contribution >= 0.6 is 27.3 Å². The molecule has 0 aliphatic carbocycles. The third-order valence-electron chi connectivity index (χ3n) is 4.16. The summed E-state index contributed by atoms with van der Waals surface area (Å²) in [4.78, 5) is 32.5. The zero-order valence-corrected chi connectivity index (χ0v) is 18.7. The largest absolute Gasteiger partial charge is 0.493 e. The van der Waals surface area contributed by atoms with Crippen LogP contribution in [-0.4, -0.2) is 36.8 Å². The average Bonchev–Trinajstić information content (AvgIpc) is 3.04. The van der Waals surface area contributed by atoms with E-state index in [1.54, 1.807) is 26.2 Å². The van der Waals surface area contributed by atoms with Gasteiger partial charge in [-0.25, -0.2) is 9.78 Å². The van der Waals surface area contributed by atoms with Crippen molar-refractivity contribution in [3.8, 4) is 11.5 Å². The fourth-order valence-corrected chi connectivity index (χ4v) is 4.50. The molecule has 3 rings (SSSR count). The van der Waals surface area contributed by atoms with Crippen LogP contribution in [0, 0.1) is 6.92 Å². The van der Waals surface area contributed by atoms with Crippen LogP contribution in [0.25, 0.3) is 22.4 Å². The topological polar surface area (TPSA) is 90.5 Å². The molecule has 0 amide bonds. The monoisotopic (exact) mass is 478 g/mol. The number of thiophene rings is 1. The van der Waals surface area contributed by atoms with Gasteiger partial charge in [0.2, 0.25) is 0 Å². The number of benzene rings is 1. The molecule has 2 heterocycles. The van der Waals surface area contributed by atoms with Gasteiger partial charge in [-0.2, -0.15) is 0 Å². The molecule has 152 valence electrons. The van der Waals surface area contributed by atoms with Crippen LogP contribution in [0.15, 0.2) is 21.4 Å². The van der Waals surface area contributed by atoms with E-state index in [1.165, 1.54) is 7.11 Å². The first kappa shape index (κ1) is 21.1. The van der Waals surface area contributed by atoms with Crippen molar-refractivity contribution in [2.75, 3.05) is 20.8 Å². The van der Waals surface area contributed by atoms with Crippen molar-refractivity contribution < 1.29 is 19.0 Å². The van der Waals surface area contributed by atoms with Gasteiger partial charge in [0, 0.05) is 0 Å². The van der Waals surface area contributed by atoms with E-state index in [1.807, 2.05) is 19.1 Å². The van der Waals surface area contributed by atoms with E-state index < -0.39 is 5.97 Å². The highest BCUT2D eigenvalue weighted by molar-refractivity contribution is 9.10. The van der Waals surface area contributed by atoms with E-state index in [9.17, 15) is 9.59 Å². The number of ether oxygens (including phenoxy) is 3. The molecule has 0 aliphatic rings. The van der Waals surface area contributed by atoms with Crippen molar-refractivity contribution in [1.82, 2.24) is 9.97 Å². The lowest BCUT2D eigenvalue weighted by molar-refractivity contribution is 0.0605. The molecular formula is C20H19BrN2O5S. The molecule has 0 bridgehead atoms. The number of carbonyl (C=O) groups is 1. The van der Waals surface area contributed by atoms with Crippen LogP contribution in [-0.2, 0) is 4.74 Å². The lowest BCUT2D eigenvalue weighted by atomic mass is 10.2. The number of esters is 1. The third-order valence-corrected chi connectivity index (χ3v) is 5.92. The lowest BCUT2D eigenvalue weighted by Gasteiger charge is -2.12. The fraction of sp³-hybridized carbons (Fsp3) is 0.250. The molecule has 0 atom stereocenters. The number of aromatic nitrogens is 2. The van der Waals surface area contributed by atoms with Gasteiger partial charge in [-0.15, -0.1) is 11.3 Å². The molecule has 0 saturated heterocycles. The molecule has 0 aliphatic heterocycles. The van der Waals surface area contributed by atoms with Gasteiger partial charge < -0.3 is 19.2 Å². The first-order valence-corrected chi connectivity index (χ1v) is 10.3. The van der Waals surface area contributed by atoms with Crippen LogP contribution in [0.2, 0.25) is 0 Å². The number of hydrogen-bond donors (Lipinski definition) is 1. The number of halogens is 1. The van der Waals surface area contributed by atoms with E-state index in [-0.39, 0.29) is 5.56 Å². The smallest absolute Gasteiger partial charge is 0.348 e. The first-order valence-electron chi connectivity index (χ1n) is 8.69. The summed E-state index contributed by atoms with van der Waals surface area (Å²) in [5.41, 5.74) is 1.10. The van der Waals surface area contributed by atoms with Crippen LogP contribution in [0.4, 0.5) is 0 Å². The Morgan fingerprint density at radius 2 is 2.07 bits per heavy atom. The number of H-pyrrole nitrogens is 1. The summed E-state index contributed by atoms with van der Waals surface area (Å²) in [6, 6.07) is 3.71. The SMILES string of the molecule is CCOc1c(Br)cc(C=Cc2nc3sc(C(=O)OC)c(C)c3c(=O)[nH]2)cc1OC. The van der Waals surface area contributed by atoms with E-state index in [2.05, 4.69) is 25.9 Å². The molecular weight excluding hydrogens is 460 g/mol. The number of methoxy groups -OCH3 is 2. The Bertz CT molecular complexity index is 1170. The molecule has 3 aromatic rings. The summed E-state index contributed by atoms with van der Waals surface area (Å²) < 4.78 is 16.5. The Kier molecular flexibility index (Phi) is 6.39. The van der Waals surface area contributed by atoms with Gasteiger partial charge in [-0.3, -0.25) is 4.79 Å². The van der Waals surface area contributed by atoms with Gasteiger partial charge in [0.05, 0.1) is 30.7 Å². The Labute approximate surface area is 179 Å². The number of aryl methyl sites for hydroxylation is 1. The van der Waals surface area contributed by atoms with E-state index in [4.69, 9.17) is 14.2 Å². The summed E-state index contributed by atoms with van der Waals surface area (Å²) in [5, 5.41) is 0.401. The van der Waals surface area contributed by atoms with Crippen LogP contribution in [0.3, 0.4) is 0 Å². The number of nitrogens with one attached hydrogen (secondary N) is 1. The Morgan fingerprint density at radius 1 is 1.31 bits per heavy atom. The summed E-state index contributed by atoms with van der Waals surface area (Å²) in [6.45, 7) is 4.13. The number of carbonyl (C=O) groups excluding carboxylic acids is 1. The van der Waals surface area contributed by atoms with Crippen molar-refractivity contribution in [3.63, 3.8) is 0 Å². The third kappa shape index (κ3) is 4.20. The number of fused-ring (bicyclic) bond motifs is 1. The van der Waals surface area contributed by atoms with Gasteiger partial charge >= 0.3 is 5.97 Å². The van der Waals surface area contributed by atoms with E-state index in [0.717, 1.165) is 21.4 Å². The highest BCUT2D eigenvalue weighted by Gasteiger charge is 2.19. The maximum absolute atomic E-state index is 12.5. The Balaban J connectivity index is 2.00. The second-order valence-electron chi connectivity index (χ2n) is 5.98. The molecule has 9 heteroatoms. The second kappa shape index (κ2) is 8.79. The van der Waals surface area contributed by atoms with Crippen molar-refractivity contribution in [1.29, 1.82) is 0 Å². The predicted molar refractivity (Wildman–Crippen MR) is 117 cm³/mol. The predicted octanol–water partition coefficient (Wildman–Crippen LogP) is 4.42. The highest BCUT2D eigenvalue weighted by Crippen LogP contribution is 2.37. The fourth-order valence-electron chi connectivity index (χ4n) is 2.82. The molecule has 29 heavy (non-hydrogen) atoms. The molecule has 0 fully saturated rings. The summed E-state index contributed by atoms with van der Waals surface area (Å²) >= 11 is 4.63. The van der Waals surface area contributed by atoms with Crippen molar-refractivity contribution >= 4 is 55.6 Å². The maximum atomic E-state index is 12.5. The van der Waals surface area contributed by atoms with Gasteiger partial charge in [-0.05, 0) is 59.1 Å². The second-order valence-corrected chi connectivity index (χ2v) is 7.83. The molecule has 0 spiro atoms. The molecule has 2 aromatic heterocycles. The van der Waals surface area contributed by atoms with Crippen LogP contribution in [0.5, 0.6) is 11.5 Å². The Morgan fingerprint density at radius 3 is 2.72 bits per heavy atom. The van der Waals surface area contributed by atoms with Crippen LogP contribution < -0.4 is 15.0 Å². The minimum atomic E-state index is -0.478. The molecule has 0 radical (unpaired) electrons. The van der Waals surface area contributed by atoms with Gasteiger partial charge in [-0.1, -0.05) is 6.08 Å². The standard InChI is InChI=1S/C20H19BrN2O5S/c1-5-28-16-12(21)8-11(9-13(16)26-3)6-7-14-22-18(24)15-10(2)17(20(25)27-4)29-19(15)23-14/h6-9H,5H2,1-4H3,(H,22,23,24). The molecule has 0 unspecified atom stereocenters. The number of hydrogen-bond acceptors (Lipinski definition) is 7. The first-order chi connectivity index (χ1) is 13.9.